The van der Waals surface area contributed by atoms with Crippen LogP contribution in [0.4, 0.5) is 4.39 Å². The molecule has 25 heavy (non-hydrogen) atoms. The third kappa shape index (κ3) is 4.45. The molecule has 1 N–H and O–H groups in total. The first-order valence-corrected chi connectivity index (χ1v) is 8.82. The number of ether oxygens (including phenoxy) is 1. The van der Waals surface area contributed by atoms with Gasteiger partial charge in [0.1, 0.15) is 11.6 Å². The second kappa shape index (κ2) is 7.94. The van der Waals surface area contributed by atoms with Crippen LogP contribution in [0.25, 0.3) is 0 Å². The zero-order valence-corrected chi connectivity index (χ0v) is 14.5. The molecule has 128 valence electrons. The van der Waals surface area contributed by atoms with Crippen molar-refractivity contribution in [2.45, 2.75) is 19.1 Å². The van der Waals surface area contributed by atoms with E-state index in [0.29, 0.717) is 5.75 Å². The van der Waals surface area contributed by atoms with Gasteiger partial charge in [-0.25, -0.2) is 4.39 Å². The minimum atomic E-state index is -0.698. The van der Waals surface area contributed by atoms with E-state index in [1.54, 1.807) is 18.3 Å². The van der Waals surface area contributed by atoms with Gasteiger partial charge in [0.15, 0.2) is 6.10 Å². The van der Waals surface area contributed by atoms with Gasteiger partial charge in [0.25, 0.3) is 5.91 Å². The highest BCUT2D eigenvalue weighted by molar-refractivity contribution is 7.10. The summed E-state index contributed by atoms with van der Waals surface area (Å²) in [6.07, 6.45) is -0.698. The van der Waals surface area contributed by atoms with Crippen molar-refractivity contribution in [2.75, 3.05) is 0 Å². The molecule has 2 atom stereocenters. The van der Waals surface area contributed by atoms with E-state index in [9.17, 15) is 9.18 Å². The molecule has 3 rings (SSSR count). The van der Waals surface area contributed by atoms with Gasteiger partial charge in [-0.15, -0.1) is 11.3 Å². The van der Waals surface area contributed by atoms with Crippen molar-refractivity contribution in [3.8, 4) is 5.75 Å². The first-order valence-electron chi connectivity index (χ1n) is 7.94. The minimum Gasteiger partial charge on any atom is -0.481 e. The predicted molar refractivity (Wildman–Crippen MR) is 97.2 cm³/mol. The first kappa shape index (κ1) is 17.2. The lowest BCUT2D eigenvalue weighted by atomic mass is 10.1. The quantitative estimate of drug-likeness (QED) is 0.704. The molecule has 0 aliphatic rings. The smallest absolute Gasteiger partial charge is 0.261 e. The molecule has 3 nitrogen and oxygen atoms in total. The summed E-state index contributed by atoms with van der Waals surface area (Å²) < 4.78 is 18.6. The summed E-state index contributed by atoms with van der Waals surface area (Å²) in [5.74, 6) is -0.116. The lowest BCUT2D eigenvalue weighted by Crippen LogP contribution is -2.38. The molecule has 2 aromatic carbocycles. The standard InChI is InChI=1S/C20H18FNO2S/c1-14(24-17-11-9-16(21)10-12-17)20(23)22-19(18-8-5-13-25-18)15-6-3-2-4-7-15/h2-14,19H,1H3,(H,22,23)/t14-,19+/m0/s1. The topological polar surface area (TPSA) is 38.3 Å². The molecule has 0 spiro atoms. The lowest BCUT2D eigenvalue weighted by molar-refractivity contribution is -0.127. The monoisotopic (exact) mass is 355 g/mol. The molecule has 5 heteroatoms. The average Bonchev–Trinajstić information content (AvgIpc) is 3.16. The van der Waals surface area contributed by atoms with Crippen molar-refractivity contribution in [3.63, 3.8) is 0 Å². The van der Waals surface area contributed by atoms with Gasteiger partial charge >= 0.3 is 0 Å². The number of carbonyl (C=O) groups is 1. The largest absolute Gasteiger partial charge is 0.481 e. The first-order chi connectivity index (χ1) is 12.1. The Balaban J connectivity index is 1.73. The van der Waals surface area contributed by atoms with Crippen molar-refractivity contribution >= 4 is 17.2 Å². The van der Waals surface area contributed by atoms with Crippen molar-refractivity contribution in [2.24, 2.45) is 0 Å². The maximum absolute atomic E-state index is 13.0. The molecular weight excluding hydrogens is 337 g/mol. The van der Waals surface area contributed by atoms with Crippen molar-refractivity contribution in [3.05, 3.63) is 88.4 Å². The Morgan fingerprint density at radius 3 is 2.40 bits per heavy atom. The highest BCUT2D eigenvalue weighted by atomic mass is 32.1. The fraction of sp³-hybridized carbons (Fsp3) is 0.150. The predicted octanol–water partition coefficient (Wildman–Crippen LogP) is 4.56. The number of nitrogens with one attached hydrogen (secondary N) is 1. The number of thiophene rings is 1. The number of carbonyl (C=O) groups excluding carboxylic acids is 1. The average molecular weight is 355 g/mol. The number of amides is 1. The van der Waals surface area contributed by atoms with E-state index in [1.165, 1.54) is 24.3 Å². The van der Waals surface area contributed by atoms with E-state index in [-0.39, 0.29) is 17.8 Å². The number of rotatable bonds is 6. The Morgan fingerprint density at radius 1 is 1.04 bits per heavy atom. The molecular formula is C20H18FNO2S. The van der Waals surface area contributed by atoms with Crippen molar-refractivity contribution in [1.29, 1.82) is 0 Å². The van der Waals surface area contributed by atoms with Crippen LogP contribution in [0, 0.1) is 5.82 Å². The third-order valence-corrected chi connectivity index (χ3v) is 4.68. The van der Waals surface area contributed by atoms with Crippen LogP contribution in [0.2, 0.25) is 0 Å². The van der Waals surface area contributed by atoms with Crippen LogP contribution in [0.1, 0.15) is 23.4 Å². The highest BCUT2D eigenvalue weighted by Crippen LogP contribution is 2.26. The van der Waals surface area contributed by atoms with Crippen LogP contribution in [0.3, 0.4) is 0 Å². The van der Waals surface area contributed by atoms with Crippen molar-refractivity contribution < 1.29 is 13.9 Å². The third-order valence-electron chi connectivity index (χ3n) is 3.74. The lowest BCUT2D eigenvalue weighted by Gasteiger charge is -2.21. The van der Waals surface area contributed by atoms with Crippen LogP contribution in [-0.2, 0) is 4.79 Å². The van der Waals surface area contributed by atoms with E-state index in [4.69, 9.17) is 4.74 Å². The summed E-state index contributed by atoms with van der Waals surface area (Å²) in [7, 11) is 0. The van der Waals surface area contributed by atoms with Crippen LogP contribution in [0.15, 0.2) is 72.1 Å². The Kier molecular flexibility index (Phi) is 5.46. The fourth-order valence-corrected chi connectivity index (χ4v) is 3.25. The molecule has 1 amide bonds. The molecule has 0 saturated carbocycles. The van der Waals surface area contributed by atoms with Gasteiger partial charge in [0.2, 0.25) is 0 Å². The van der Waals surface area contributed by atoms with Gasteiger partial charge in [0, 0.05) is 4.88 Å². The molecule has 1 aromatic heterocycles. The number of hydrogen-bond acceptors (Lipinski definition) is 3. The molecule has 0 radical (unpaired) electrons. The number of halogens is 1. The second-order valence-corrected chi connectivity index (χ2v) is 6.56. The molecule has 0 unspecified atom stereocenters. The molecule has 0 aliphatic heterocycles. The van der Waals surface area contributed by atoms with Gasteiger partial charge in [-0.05, 0) is 48.2 Å². The van der Waals surface area contributed by atoms with Gasteiger partial charge in [-0.1, -0.05) is 36.4 Å². The van der Waals surface area contributed by atoms with E-state index >= 15 is 0 Å². The Bertz CT molecular complexity index is 803. The number of hydrogen-bond donors (Lipinski definition) is 1. The van der Waals surface area contributed by atoms with E-state index in [1.807, 2.05) is 47.8 Å². The van der Waals surface area contributed by atoms with Gasteiger partial charge in [-0.3, -0.25) is 4.79 Å². The van der Waals surface area contributed by atoms with E-state index < -0.39 is 6.10 Å². The van der Waals surface area contributed by atoms with Gasteiger partial charge < -0.3 is 10.1 Å². The summed E-state index contributed by atoms with van der Waals surface area (Å²) in [5, 5.41) is 5.02. The van der Waals surface area contributed by atoms with Crippen LogP contribution in [0.5, 0.6) is 5.75 Å². The molecule has 0 aliphatic carbocycles. The van der Waals surface area contributed by atoms with Gasteiger partial charge in [0.05, 0.1) is 6.04 Å². The SMILES string of the molecule is C[C@H](Oc1ccc(F)cc1)C(=O)N[C@H](c1ccccc1)c1cccs1. The Labute approximate surface area is 150 Å². The summed E-state index contributed by atoms with van der Waals surface area (Å²) >= 11 is 1.59. The summed E-state index contributed by atoms with van der Waals surface area (Å²) in [5.41, 5.74) is 1.01. The summed E-state index contributed by atoms with van der Waals surface area (Å²) in [6, 6.07) is 19.1. The van der Waals surface area contributed by atoms with Gasteiger partial charge in [-0.2, -0.15) is 0 Å². The Morgan fingerprint density at radius 2 is 1.76 bits per heavy atom. The van der Waals surface area contributed by atoms with Crippen LogP contribution < -0.4 is 10.1 Å². The maximum Gasteiger partial charge on any atom is 0.261 e. The summed E-state index contributed by atoms with van der Waals surface area (Å²) in [4.78, 5) is 13.6. The molecule has 3 aromatic rings. The normalized spacial score (nSPS) is 13.0. The molecule has 0 bridgehead atoms. The Hall–Kier alpha value is -2.66. The number of benzene rings is 2. The fourth-order valence-electron chi connectivity index (χ4n) is 2.45. The molecule has 0 fully saturated rings. The van der Waals surface area contributed by atoms with Crippen molar-refractivity contribution in [1.82, 2.24) is 5.32 Å². The molecule has 0 saturated heterocycles. The van der Waals surface area contributed by atoms with E-state index in [2.05, 4.69) is 5.32 Å². The highest BCUT2D eigenvalue weighted by Gasteiger charge is 2.22. The maximum atomic E-state index is 13.0. The van der Waals surface area contributed by atoms with Crippen LogP contribution >= 0.6 is 11.3 Å². The van der Waals surface area contributed by atoms with E-state index in [0.717, 1.165) is 10.4 Å². The zero-order chi connectivity index (χ0) is 17.6. The van der Waals surface area contributed by atoms with Crippen LogP contribution in [-0.4, -0.2) is 12.0 Å². The molecule has 1 heterocycles. The summed E-state index contributed by atoms with van der Waals surface area (Å²) in [6.45, 7) is 1.68. The zero-order valence-electron chi connectivity index (χ0n) is 13.7. The minimum absolute atomic E-state index is 0.229. The second-order valence-electron chi connectivity index (χ2n) is 5.58.